The molecule has 0 saturated heterocycles. The monoisotopic (exact) mass is 276 g/mol. The van der Waals surface area contributed by atoms with Gasteiger partial charge in [-0.25, -0.2) is 0 Å². The molecule has 0 atom stereocenters. The summed E-state index contributed by atoms with van der Waals surface area (Å²) in [6, 6.07) is 0. The highest BCUT2D eigenvalue weighted by molar-refractivity contribution is 5.64. The highest BCUT2D eigenvalue weighted by Crippen LogP contribution is 2.06. The van der Waals surface area contributed by atoms with E-state index in [1.54, 1.807) is 0 Å². The van der Waals surface area contributed by atoms with Gasteiger partial charge in [-0.3, -0.25) is 0 Å². The first kappa shape index (κ1) is 20.2. The molecule has 6 heteroatoms. The largest absolute Gasteiger partial charge is 0.550 e. The van der Waals surface area contributed by atoms with Crippen LogP contribution in [0.5, 0.6) is 0 Å². The van der Waals surface area contributed by atoms with E-state index in [4.69, 9.17) is 0 Å². The summed E-state index contributed by atoms with van der Waals surface area (Å²) in [6.45, 7) is 2.13. The van der Waals surface area contributed by atoms with Crippen molar-refractivity contribution in [3.8, 4) is 0 Å². The maximum Gasteiger partial charge on any atom is 0.0742 e. The van der Waals surface area contributed by atoms with Gasteiger partial charge >= 0.3 is 0 Å². The Labute approximate surface area is 115 Å². The maximum absolute atomic E-state index is 9.98. The Morgan fingerprint density at radius 2 is 0.947 bits per heavy atom. The van der Waals surface area contributed by atoms with Crippen molar-refractivity contribution in [2.75, 3.05) is 13.1 Å². The first-order valence-corrected chi connectivity index (χ1v) is 7.02. The highest BCUT2D eigenvalue weighted by Gasteiger charge is 1.92. The van der Waals surface area contributed by atoms with Crippen LogP contribution >= 0.6 is 0 Å². The van der Waals surface area contributed by atoms with Crippen molar-refractivity contribution < 1.29 is 31.3 Å². The number of hydrogen-bond donors (Lipinski definition) is 2. The Bertz CT molecular complexity index is 201. The predicted molar refractivity (Wildman–Crippen MR) is 67.1 cm³/mol. The Morgan fingerprint density at radius 3 is 1.21 bits per heavy atom. The molecule has 0 radical (unpaired) electrons. The minimum atomic E-state index is -1.02. The Balaban J connectivity index is 0. The van der Waals surface area contributed by atoms with Crippen LogP contribution in [0.25, 0.3) is 0 Å². The average molecular weight is 276 g/mol. The third-order valence-corrected chi connectivity index (χ3v) is 2.51. The molecule has 0 bridgehead atoms. The van der Waals surface area contributed by atoms with E-state index in [0.29, 0.717) is 12.8 Å². The lowest BCUT2D eigenvalue weighted by atomic mass is 10.1. The van der Waals surface area contributed by atoms with Crippen molar-refractivity contribution in [3.63, 3.8) is 0 Å². The van der Waals surface area contributed by atoms with Crippen LogP contribution in [-0.2, 0) is 9.59 Å². The van der Waals surface area contributed by atoms with Crippen LogP contribution in [0.2, 0.25) is 0 Å². The number of unbranched alkanes of at least 4 members (excludes halogenated alkanes) is 5. The first-order valence-electron chi connectivity index (χ1n) is 7.02. The van der Waals surface area contributed by atoms with Gasteiger partial charge in [-0.1, -0.05) is 19.3 Å². The molecule has 0 unspecified atom stereocenters. The van der Waals surface area contributed by atoms with Crippen molar-refractivity contribution in [2.45, 2.75) is 57.8 Å². The first-order chi connectivity index (χ1) is 9.04. The molecular weight excluding hydrogens is 248 g/mol. The molecule has 19 heavy (non-hydrogen) atoms. The van der Waals surface area contributed by atoms with Gasteiger partial charge in [0.1, 0.15) is 0 Å². The van der Waals surface area contributed by atoms with E-state index in [0.717, 1.165) is 32.4 Å². The molecule has 0 amide bonds. The third kappa shape index (κ3) is 26.5. The second kappa shape index (κ2) is 16.9. The molecule has 0 rings (SSSR count). The van der Waals surface area contributed by atoms with E-state index in [9.17, 15) is 19.8 Å². The molecule has 0 fully saturated rings. The smallest absolute Gasteiger partial charge is 0.0742 e. The van der Waals surface area contributed by atoms with Crippen LogP contribution in [0.15, 0.2) is 0 Å². The zero-order chi connectivity index (χ0) is 14.9. The molecule has 6 nitrogen and oxygen atoms in total. The second-order valence-corrected chi connectivity index (χ2v) is 4.43. The van der Waals surface area contributed by atoms with E-state index in [-0.39, 0.29) is 12.8 Å². The van der Waals surface area contributed by atoms with Crippen molar-refractivity contribution in [1.82, 2.24) is 0 Å². The lowest BCUT2D eigenvalue weighted by molar-refractivity contribution is -0.384. The summed E-state index contributed by atoms with van der Waals surface area (Å²) >= 11 is 0. The lowest BCUT2D eigenvalue weighted by Crippen LogP contribution is -2.53. The van der Waals surface area contributed by atoms with Gasteiger partial charge in [-0.15, -0.1) is 0 Å². The zero-order valence-electron chi connectivity index (χ0n) is 11.8. The summed E-state index contributed by atoms with van der Waals surface area (Å²) in [5.74, 6) is -2.04. The van der Waals surface area contributed by atoms with E-state index < -0.39 is 11.9 Å². The van der Waals surface area contributed by atoms with E-state index in [2.05, 4.69) is 11.5 Å². The number of carbonyl (C=O) groups excluding carboxylic acids is 2. The van der Waals surface area contributed by atoms with Gasteiger partial charge in [-0.2, -0.15) is 0 Å². The Kier molecular flexibility index (Phi) is 17.9. The summed E-state index contributed by atoms with van der Waals surface area (Å²) in [5, 5.41) is 20.0. The van der Waals surface area contributed by atoms with E-state index >= 15 is 0 Å². The molecule has 114 valence electrons. The van der Waals surface area contributed by atoms with Gasteiger partial charge in [0.05, 0.1) is 13.1 Å². The van der Waals surface area contributed by atoms with Gasteiger partial charge in [0.15, 0.2) is 0 Å². The molecule has 0 aliphatic heterocycles. The Morgan fingerprint density at radius 1 is 0.632 bits per heavy atom. The van der Waals surface area contributed by atoms with Crippen molar-refractivity contribution in [1.29, 1.82) is 0 Å². The minimum absolute atomic E-state index is 0.0977. The fourth-order valence-corrected chi connectivity index (χ4v) is 1.42. The van der Waals surface area contributed by atoms with E-state index in [1.165, 1.54) is 12.8 Å². The molecule has 0 saturated carbocycles. The minimum Gasteiger partial charge on any atom is -0.550 e. The second-order valence-electron chi connectivity index (χ2n) is 4.43. The quantitative estimate of drug-likeness (QED) is 0.402. The molecule has 0 spiro atoms. The van der Waals surface area contributed by atoms with Gasteiger partial charge in [0, 0.05) is 24.8 Å². The van der Waals surface area contributed by atoms with Crippen molar-refractivity contribution in [3.05, 3.63) is 0 Å². The normalized spacial score (nSPS) is 9.58. The van der Waals surface area contributed by atoms with Crippen LogP contribution in [0.3, 0.4) is 0 Å². The SMILES string of the molecule is O=C([O-])CCCCCCCC(=O)[O-].[NH3+]CCCC[NH3+]. The molecule has 0 aromatic carbocycles. The standard InChI is InChI=1S/C9H16O4.C4H12N2/c10-8(11)6-4-2-1-3-5-7-9(12)13;5-3-1-2-4-6/h1-7H2,(H,10,11)(H,12,13);1-6H2. The molecule has 0 aliphatic carbocycles. The van der Waals surface area contributed by atoms with Crippen LogP contribution in [0.1, 0.15) is 57.8 Å². The van der Waals surface area contributed by atoms with Crippen LogP contribution in [0.4, 0.5) is 0 Å². The Hall–Kier alpha value is -1.14. The van der Waals surface area contributed by atoms with Crippen molar-refractivity contribution >= 4 is 11.9 Å². The number of quaternary nitrogens is 2. The summed E-state index contributed by atoms with van der Waals surface area (Å²) < 4.78 is 0. The number of rotatable bonds is 11. The fraction of sp³-hybridized carbons (Fsp3) is 0.846. The van der Waals surface area contributed by atoms with Crippen LogP contribution < -0.4 is 21.7 Å². The highest BCUT2D eigenvalue weighted by atomic mass is 16.4. The fourth-order valence-electron chi connectivity index (χ4n) is 1.42. The molecule has 0 aromatic rings. The molecular formula is C13H28N2O4. The average Bonchev–Trinajstić information content (AvgIpc) is 2.35. The summed E-state index contributed by atoms with van der Waals surface area (Å²) in [5.41, 5.74) is 7.39. The van der Waals surface area contributed by atoms with Gasteiger partial charge in [0.2, 0.25) is 0 Å². The molecule has 0 aromatic heterocycles. The topological polar surface area (TPSA) is 136 Å². The number of carboxylic acids is 2. The predicted octanol–water partition coefficient (Wildman–Crippen LogP) is -2.53. The van der Waals surface area contributed by atoms with Gasteiger partial charge in [-0.05, 0) is 25.7 Å². The zero-order valence-corrected chi connectivity index (χ0v) is 11.8. The summed E-state index contributed by atoms with van der Waals surface area (Å²) in [6.07, 6.45) is 6.43. The van der Waals surface area contributed by atoms with E-state index in [1.807, 2.05) is 0 Å². The molecule has 0 aliphatic rings. The van der Waals surface area contributed by atoms with Crippen LogP contribution in [0, 0.1) is 0 Å². The number of carboxylic acid groups (broad SMARTS) is 2. The number of hydrogen-bond acceptors (Lipinski definition) is 4. The lowest BCUT2D eigenvalue weighted by Gasteiger charge is -2.03. The molecule has 0 heterocycles. The van der Waals surface area contributed by atoms with Crippen LogP contribution in [-0.4, -0.2) is 25.0 Å². The summed E-state index contributed by atoms with van der Waals surface area (Å²) in [7, 11) is 0. The maximum atomic E-state index is 9.98. The van der Waals surface area contributed by atoms with Crippen molar-refractivity contribution in [2.24, 2.45) is 0 Å². The third-order valence-electron chi connectivity index (χ3n) is 2.51. The number of aliphatic carboxylic acids is 2. The number of carbonyl (C=O) groups is 2. The van der Waals surface area contributed by atoms with Gasteiger partial charge < -0.3 is 31.3 Å². The van der Waals surface area contributed by atoms with Gasteiger partial charge in [0.25, 0.3) is 0 Å². The molecule has 6 N–H and O–H groups in total. The summed E-state index contributed by atoms with van der Waals surface area (Å²) in [4.78, 5) is 20.0.